The van der Waals surface area contributed by atoms with Gasteiger partial charge in [-0.05, 0) is 60.2 Å². The van der Waals surface area contributed by atoms with Crippen molar-refractivity contribution in [1.82, 2.24) is 9.97 Å². The molecule has 3 heteroatoms. The number of nitrogens with zero attached hydrogens (tertiary/aromatic N) is 2. The molecule has 0 saturated carbocycles. The van der Waals surface area contributed by atoms with Gasteiger partial charge >= 0.3 is 0 Å². The zero-order valence-electron chi connectivity index (χ0n) is 12.9. The van der Waals surface area contributed by atoms with E-state index in [1.807, 2.05) is 30.3 Å². The average molecular weight is 294 g/mol. The minimum Gasteiger partial charge on any atom is -0.265 e. The van der Waals surface area contributed by atoms with Crippen LogP contribution in [0.5, 0.6) is 0 Å². The van der Waals surface area contributed by atoms with Gasteiger partial charge in [0.05, 0.1) is 5.52 Å². The van der Waals surface area contributed by atoms with Crippen LogP contribution in [0.2, 0.25) is 0 Å². The summed E-state index contributed by atoms with van der Waals surface area (Å²) in [6.07, 6.45) is 5.32. The minimum absolute atomic E-state index is 0.195. The third kappa shape index (κ3) is 3.14. The zero-order valence-corrected chi connectivity index (χ0v) is 12.9. The lowest BCUT2D eigenvalue weighted by Crippen LogP contribution is -1.97. The Bertz CT molecular complexity index is 782. The van der Waals surface area contributed by atoms with Crippen LogP contribution in [0.4, 0.5) is 4.39 Å². The quantitative estimate of drug-likeness (QED) is 0.675. The van der Waals surface area contributed by atoms with Crippen LogP contribution in [-0.4, -0.2) is 9.97 Å². The van der Waals surface area contributed by atoms with E-state index < -0.39 is 0 Å². The lowest BCUT2D eigenvalue weighted by Gasteiger charge is -2.08. The third-order valence-electron chi connectivity index (χ3n) is 3.80. The molecule has 0 unspecified atom stereocenters. The Morgan fingerprint density at radius 3 is 2.50 bits per heavy atom. The van der Waals surface area contributed by atoms with Gasteiger partial charge in [0.1, 0.15) is 5.82 Å². The second-order valence-electron chi connectivity index (χ2n) is 6.00. The molecule has 0 aliphatic heterocycles. The summed E-state index contributed by atoms with van der Waals surface area (Å²) in [4.78, 5) is 8.60. The molecule has 0 bridgehead atoms. The van der Waals surface area contributed by atoms with Crippen molar-refractivity contribution in [2.75, 3.05) is 0 Å². The predicted octanol–water partition coefficient (Wildman–Crippen LogP) is 5.02. The van der Waals surface area contributed by atoms with E-state index in [0.29, 0.717) is 11.3 Å². The molecule has 0 aliphatic rings. The number of rotatable bonds is 4. The van der Waals surface area contributed by atoms with Gasteiger partial charge in [0.25, 0.3) is 0 Å². The van der Waals surface area contributed by atoms with E-state index in [2.05, 4.69) is 23.8 Å². The molecule has 2 nitrogen and oxygen atoms in total. The molecular formula is C19H19FN2. The Balaban J connectivity index is 1.99. The van der Waals surface area contributed by atoms with E-state index in [1.54, 1.807) is 18.5 Å². The second-order valence-corrected chi connectivity index (χ2v) is 6.00. The van der Waals surface area contributed by atoms with Crippen molar-refractivity contribution in [1.29, 1.82) is 0 Å². The highest BCUT2D eigenvalue weighted by atomic mass is 19.1. The maximum absolute atomic E-state index is 14.4. The fourth-order valence-corrected chi connectivity index (χ4v) is 2.52. The maximum Gasteiger partial charge on any atom is 0.134 e. The van der Waals surface area contributed by atoms with Gasteiger partial charge in [-0.3, -0.25) is 9.97 Å². The Morgan fingerprint density at radius 2 is 1.77 bits per heavy atom. The second kappa shape index (κ2) is 6.22. The summed E-state index contributed by atoms with van der Waals surface area (Å²) >= 11 is 0. The Labute approximate surface area is 130 Å². The van der Waals surface area contributed by atoms with Gasteiger partial charge in [0.2, 0.25) is 0 Å². The highest BCUT2D eigenvalue weighted by molar-refractivity contribution is 5.85. The van der Waals surface area contributed by atoms with Gasteiger partial charge in [-0.25, -0.2) is 4.39 Å². The van der Waals surface area contributed by atoms with Crippen LogP contribution < -0.4 is 0 Å². The van der Waals surface area contributed by atoms with E-state index in [-0.39, 0.29) is 5.82 Å². The number of aryl methyl sites for hydroxylation is 1. The highest BCUT2D eigenvalue weighted by Crippen LogP contribution is 2.25. The largest absolute Gasteiger partial charge is 0.265 e. The fraction of sp³-hybridized carbons (Fsp3) is 0.263. The summed E-state index contributed by atoms with van der Waals surface area (Å²) in [5, 5.41) is 0.572. The van der Waals surface area contributed by atoms with Crippen LogP contribution in [0.1, 0.15) is 26.0 Å². The number of hydrogen-bond donors (Lipinski definition) is 0. The topological polar surface area (TPSA) is 25.8 Å². The molecule has 3 aromatic rings. The molecular weight excluding hydrogens is 275 g/mol. The van der Waals surface area contributed by atoms with Crippen molar-refractivity contribution >= 4 is 10.9 Å². The number of benzene rings is 1. The standard InChI is InChI=1S/C19H19FN2/c1-13(2)3-5-16-12-18(20)17-11-15(4-6-19(17)22-16)14-7-9-21-10-8-14/h4,6-13H,3,5H2,1-2H3. The normalized spacial score (nSPS) is 11.3. The van der Waals surface area contributed by atoms with Crippen LogP contribution in [0.3, 0.4) is 0 Å². The first-order chi connectivity index (χ1) is 10.6. The summed E-state index contributed by atoms with van der Waals surface area (Å²) in [6.45, 7) is 4.33. The molecule has 0 radical (unpaired) electrons. The van der Waals surface area contributed by atoms with E-state index in [9.17, 15) is 4.39 Å². The first kappa shape index (κ1) is 14.6. The fourth-order valence-electron chi connectivity index (χ4n) is 2.52. The molecule has 2 aromatic heterocycles. The molecule has 0 aliphatic carbocycles. The molecule has 0 amide bonds. The van der Waals surface area contributed by atoms with Crippen LogP contribution in [0.15, 0.2) is 48.8 Å². The van der Waals surface area contributed by atoms with Crippen LogP contribution in [0.25, 0.3) is 22.0 Å². The maximum atomic E-state index is 14.4. The van der Waals surface area contributed by atoms with Crippen molar-refractivity contribution in [3.63, 3.8) is 0 Å². The number of pyridine rings is 2. The molecule has 3 rings (SSSR count). The number of fused-ring (bicyclic) bond motifs is 1. The van der Waals surface area contributed by atoms with Gasteiger partial charge in [-0.15, -0.1) is 0 Å². The monoisotopic (exact) mass is 294 g/mol. The summed E-state index contributed by atoms with van der Waals surface area (Å²) in [7, 11) is 0. The van der Waals surface area contributed by atoms with Gasteiger partial charge in [-0.1, -0.05) is 19.9 Å². The molecule has 0 fully saturated rings. The predicted molar refractivity (Wildman–Crippen MR) is 88.1 cm³/mol. The van der Waals surface area contributed by atoms with Crippen molar-refractivity contribution in [3.8, 4) is 11.1 Å². The molecule has 0 N–H and O–H groups in total. The Kier molecular flexibility index (Phi) is 4.14. The van der Waals surface area contributed by atoms with E-state index in [0.717, 1.165) is 35.2 Å². The van der Waals surface area contributed by atoms with Crippen molar-refractivity contribution in [2.24, 2.45) is 5.92 Å². The minimum atomic E-state index is -0.195. The van der Waals surface area contributed by atoms with E-state index >= 15 is 0 Å². The van der Waals surface area contributed by atoms with Gasteiger partial charge in [0.15, 0.2) is 0 Å². The lowest BCUT2D eigenvalue weighted by atomic mass is 10.0. The Hall–Kier alpha value is -2.29. The van der Waals surface area contributed by atoms with Crippen molar-refractivity contribution in [3.05, 3.63) is 60.3 Å². The summed E-state index contributed by atoms with van der Waals surface area (Å²) in [5.74, 6) is 0.397. The zero-order chi connectivity index (χ0) is 15.5. The first-order valence-corrected chi connectivity index (χ1v) is 7.63. The summed E-state index contributed by atoms with van der Waals surface area (Å²) in [5.41, 5.74) is 3.55. The van der Waals surface area contributed by atoms with Crippen LogP contribution >= 0.6 is 0 Å². The summed E-state index contributed by atoms with van der Waals surface area (Å²) in [6, 6.07) is 11.1. The van der Waals surface area contributed by atoms with Gasteiger partial charge in [-0.2, -0.15) is 0 Å². The Morgan fingerprint density at radius 1 is 1.00 bits per heavy atom. The molecule has 0 spiro atoms. The van der Waals surface area contributed by atoms with Crippen molar-refractivity contribution in [2.45, 2.75) is 26.7 Å². The smallest absolute Gasteiger partial charge is 0.134 e. The molecule has 0 saturated heterocycles. The molecule has 22 heavy (non-hydrogen) atoms. The van der Waals surface area contributed by atoms with Crippen LogP contribution in [-0.2, 0) is 6.42 Å². The number of hydrogen-bond acceptors (Lipinski definition) is 2. The lowest BCUT2D eigenvalue weighted by molar-refractivity contribution is 0.577. The van der Waals surface area contributed by atoms with Gasteiger partial charge in [0, 0.05) is 23.5 Å². The SMILES string of the molecule is CC(C)CCc1cc(F)c2cc(-c3ccncc3)ccc2n1. The van der Waals surface area contributed by atoms with Crippen LogP contribution in [0, 0.1) is 11.7 Å². The van der Waals surface area contributed by atoms with E-state index in [1.165, 1.54) is 0 Å². The molecule has 1 aromatic carbocycles. The number of halogens is 1. The van der Waals surface area contributed by atoms with Crippen molar-refractivity contribution < 1.29 is 4.39 Å². The molecule has 112 valence electrons. The number of aromatic nitrogens is 2. The third-order valence-corrected chi connectivity index (χ3v) is 3.80. The first-order valence-electron chi connectivity index (χ1n) is 7.63. The van der Waals surface area contributed by atoms with E-state index in [4.69, 9.17) is 0 Å². The van der Waals surface area contributed by atoms with Gasteiger partial charge < -0.3 is 0 Å². The molecule has 2 heterocycles. The summed E-state index contributed by atoms with van der Waals surface area (Å²) < 4.78 is 14.4. The highest BCUT2D eigenvalue weighted by Gasteiger charge is 2.08. The molecule has 0 atom stereocenters. The average Bonchev–Trinajstić information content (AvgIpc) is 2.53.